The Morgan fingerprint density at radius 1 is 1.19 bits per heavy atom. The smallest absolute Gasteiger partial charge is 0.336 e. The van der Waals surface area contributed by atoms with Gasteiger partial charge in [0.25, 0.3) is 5.91 Å². The predicted octanol–water partition coefficient (Wildman–Crippen LogP) is 2.96. The minimum Gasteiger partial charge on any atom is -0.478 e. The Morgan fingerprint density at radius 3 is 2.33 bits per heavy atom. The van der Waals surface area contributed by atoms with Crippen molar-refractivity contribution in [1.82, 2.24) is 5.32 Å². The zero-order valence-corrected chi connectivity index (χ0v) is 11.8. The van der Waals surface area contributed by atoms with Crippen LogP contribution < -0.4 is 5.32 Å². The van der Waals surface area contributed by atoms with Crippen LogP contribution in [0.1, 0.15) is 30.5 Å². The molecule has 1 aromatic carbocycles. The van der Waals surface area contributed by atoms with Crippen LogP contribution in [0.3, 0.4) is 0 Å². The maximum Gasteiger partial charge on any atom is 0.336 e. The average Bonchev–Trinajstić information content (AvgIpc) is 2.84. The monoisotopic (exact) mass is 311 g/mol. The Kier molecular flexibility index (Phi) is 4.32. The predicted molar refractivity (Wildman–Crippen MR) is 73.5 cm³/mol. The summed E-state index contributed by atoms with van der Waals surface area (Å²) in [6, 6.07) is 4.80. The van der Waals surface area contributed by atoms with Crippen LogP contribution in [-0.2, 0) is 6.54 Å². The van der Waals surface area contributed by atoms with E-state index in [-0.39, 0.29) is 6.54 Å². The lowest BCUT2D eigenvalue weighted by Crippen LogP contribution is -2.25. The molecule has 0 spiro atoms. The second-order valence-corrected chi connectivity index (χ2v) is 5.68. The van der Waals surface area contributed by atoms with Crippen molar-refractivity contribution in [2.24, 2.45) is 0 Å². The largest absolute Gasteiger partial charge is 0.478 e. The first-order valence-corrected chi connectivity index (χ1v) is 6.76. The molecule has 2 rings (SSSR count). The van der Waals surface area contributed by atoms with Gasteiger partial charge in [-0.25, -0.2) is 13.6 Å². The topological polar surface area (TPSA) is 66.4 Å². The molecule has 0 bridgehead atoms. The highest BCUT2D eigenvalue weighted by Crippen LogP contribution is 2.17. The summed E-state index contributed by atoms with van der Waals surface area (Å²) >= 11 is 1.48. The summed E-state index contributed by atoms with van der Waals surface area (Å²) in [5, 5.41) is 11.4. The van der Waals surface area contributed by atoms with E-state index in [0.717, 1.165) is 9.75 Å². The quantitative estimate of drug-likeness (QED) is 0.912. The summed E-state index contributed by atoms with van der Waals surface area (Å²) in [7, 11) is 0. The van der Waals surface area contributed by atoms with Gasteiger partial charge in [0.05, 0.1) is 17.7 Å². The van der Waals surface area contributed by atoms with Crippen LogP contribution >= 0.6 is 11.3 Å². The lowest BCUT2D eigenvalue weighted by atomic mass is 10.1. The first kappa shape index (κ1) is 15.1. The van der Waals surface area contributed by atoms with Gasteiger partial charge in [0.2, 0.25) is 0 Å². The highest BCUT2D eigenvalue weighted by atomic mass is 32.1. The van der Waals surface area contributed by atoms with Gasteiger partial charge in [-0.3, -0.25) is 4.79 Å². The van der Waals surface area contributed by atoms with Crippen molar-refractivity contribution in [3.63, 3.8) is 0 Å². The number of carboxylic acid groups (broad SMARTS) is 1. The molecule has 1 heterocycles. The van der Waals surface area contributed by atoms with Crippen LogP contribution in [0.2, 0.25) is 0 Å². The van der Waals surface area contributed by atoms with Crippen molar-refractivity contribution in [1.29, 1.82) is 0 Å². The zero-order chi connectivity index (χ0) is 15.6. The number of thiophene rings is 1. The van der Waals surface area contributed by atoms with Gasteiger partial charge in [-0.2, -0.15) is 0 Å². The molecule has 110 valence electrons. The second-order valence-electron chi connectivity index (χ2n) is 4.31. The van der Waals surface area contributed by atoms with Gasteiger partial charge in [-0.15, -0.1) is 11.3 Å². The van der Waals surface area contributed by atoms with Gasteiger partial charge in [0.1, 0.15) is 0 Å². The van der Waals surface area contributed by atoms with Crippen molar-refractivity contribution >= 4 is 23.2 Å². The van der Waals surface area contributed by atoms with E-state index >= 15 is 0 Å². The number of halogens is 2. The molecule has 7 heteroatoms. The normalized spacial score (nSPS) is 10.4. The van der Waals surface area contributed by atoms with E-state index in [1.165, 1.54) is 11.3 Å². The maximum absolute atomic E-state index is 13.2. The Labute approximate surface area is 123 Å². The lowest BCUT2D eigenvalue weighted by molar-refractivity contribution is 0.0690. The fourth-order valence-corrected chi connectivity index (χ4v) is 2.58. The molecular formula is C14H11F2NO3S. The highest BCUT2D eigenvalue weighted by molar-refractivity contribution is 7.11. The summed E-state index contributed by atoms with van der Waals surface area (Å²) in [6.07, 6.45) is 0. The van der Waals surface area contributed by atoms with E-state index in [9.17, 15) is 18.4 Å². The number of benzene rings is 1. The molecule has 0 aliphatic heterocycles. The molecule has 4 nitrogen and oxygen atoms in total. The van der Waals surface area contributed by atoms with Crippen LogP contribution in [0.5, 0.6) is 0 Å². The van der Waals surface area contributed by atoms with E-state index in [0.29, 0.717) is 12.1 Å². The number of rotatable bonds is 4. The molecule has 1 amide bonds. The number of carbonyl (C=O) groups excluding carboxylic acids is 1. The first-order valence-electron chi connectivity index (χ1n) is 5.94. The van der Waals surface area contributed by atoms with E-state index in [1.54, 1.807) is 0 Å². The molecule has 0 fully saturated rings. The number of carboxylic acids is 1. The molecule has 0 atom stereocenters. The number of amides is 1. The van der Waals surface area contributed by atoms with Gasteiger partial charge in [-0.1, -0.05) is 0 Å². The average molecular weight is 311 g/mol. The number of nitrogens with one attached hydrogen (secondary N) is 1. The summed E-state index contributed by atoms with van der Waals surface area (Å²) in [5.41, 5.74) is -0.983. The summed E-state index contributed by atoms with van der Waals surface area (Å²) < 4.78 is 26.3. The molecule has 2 N–H and O–H groups in total. The minimum absolute atomic E-state index is 0.190. The van der Waals surface area contributed by atoms with E-state index in [4.69, 9.17) is 5.11 Å². The molecule has 0 aliphatic rings. The van der Waals surface area contributed by atoms with Crippen LogP contribution in [-0.4, -0.2) is 17.0 Å². The molecule has 0 aliphatic carbocycles. The van der Waals surface area contributed by atoms with Crippen molar-refractivity contribution in [2.75, 3.05) is 0 Å². The molecule has 0 saturated carbocycles. The molecule has 0 saturated heterocycles. The van der Waals surface area contributed by atoms with E-state index < -0.39 is 34.6 Å². The number of carbonyl (C=O) groups is 2. The molecule has 0 unspecified atom stereocenters. The number of hydrogen-bond acceptors (Lipinski definition) is 3. The zero-order valence-electron chi connectivity index (χ0n) is 10.9. The SMILES string of the molecule is Cc1ccc(CNC(=O)c2cc(F)c(F)cc2C(=O)O)s1. The standard InChI is InChI=1S/C14H11F2NO3S/c1-7-2-3-8(21-7)6-17-13(18)9-4-11(15)12(16)5-10(9)14(19)20/h2-5H,6H2,1H3,(H,17,18)(H,19,20). The highest BCUT2D eigenvalue weighted by Gasteiger charge is 2.20. The lowest BCUT2D eigenvalue weighted by Gasteiger charge is -2.08. The van der Waals surface area contributed by atoms with Gasteiger partial charge < -0.3 is 10.4 Å². The van der Waals surface area contributed by atoms with Crippen molar-refractivity contribution in [2.45, 2.75) is 13.5 Å². The molecule has 2 aromatic rings. The first-order chi connectivity index (χ1) is 9.88. The fourth-order valence-electron chi connectivity index (χ4n) is 1.75. The number of aryl methyl sites for hydroxylation is 1. The summed E-state index contributed by atoms with van der Waals surface area (Å²) in [4.78, 5) is 24.9. The van der Waals surface area contributed by atoms with E-state index in [2.05, 4.69) is 5.32 Å². The molecular weight excluding hydrogens is 300 g/mol. The molecule has 0 radical (unpaired) electrons. The van der Waals surface area contributed by atoms with Crippen molar-refractivity contribution in [3.05, 3.63) is 56.8 Å². The Hall–Kier alpha value is -2.28. The van der Waals surface area contributed by atoms with Gasteiger partial charge in [-0.05, 0) is 31.2 Å². The third kappa shape index (κ3) is 3.43. The Balaban J connectivity index is 2.22. The number of aromatic carboxylic acids is 1. The van der Waals surface area contributed by atoms with Crippen LogP contribution in [0, 0.1) is 18.6 Å². The van der Waals surface area contributed by atoms with Crippen LogP contribution in [0.25, 0.3) is 0 Å². The molecule has 21 heavy (non-hydrogen) atoms. The third-order valence-electron chi connectivity index (χ3n) is 2.75. The number of hydrogen-bond donors (Lipinski definition) is 2. The van der Waals surface area contributed by atoms with Crippen molar-refractivity contribution in [3.8, 4) is 0 Å². The minimum atomic E-state index is -1.49. The van der Waals surface area contributed by atoms with Gasteiger partial charge in [0.15, 0.2) is 11.6 Å². The van der Waals surface area contributed by atoms with Crippen LogP contribution in [0.4, 0.5) is 8.78 Å². The Morgan fingerprint density at radius 2 is 1.81 bits per heavy atom. The van der Waals surface area contributed by atoms with Crippen LogP contribution in [0.15, 0.2) is 24.3 Å². The molecule has 1 aromatic heterocycles. The van der Waals surface area contributed by atoms with E-state index in [1.807, 2.05) is 19.1 Å². The van der Waals surface area contributed by atoms with Crippen molar-refractivity contribution < 1.29 is 23.5 Å². The second kappa shape index (κ2) is 6.01. The fraction of sp³-hybridized carbons (Fsp3) is 0.143. The summed E-state index contributed by atoms with van der Waals surface area (Å²) in [6.45, 7) is 2.10. The Bertz CT molecular complexity index is 712. The van der Waals surface area contributed by atoms with Gasteiger partial charge in [0, 0.05) is 9.75 Å². The maximum atomic E-state index is 13.2. The van der Waals surface area contributed by atoms with Gasteiger partial charge >= 0.3 is 5.97 Å². The third-order valence-corrected chi connectivity index (χ3v) is 3.76. The summed E-state index contributed by atoms with van der Waals surface area (Å²) in [5.74, 6) is -4.83.